The molecule has 2 heterocycles. The van der Waals surface area contributed by atoms with Gasteiger partial charge in [-0.1, -0.05) is 19.1 Å². The van der Waals surface area contributed by atoms with Crippen LogP contribution in [0.2, 0.25) is 0 Å². The molecule has 27 heavy (non-hydrogen) atoms. The summed E-state index contributed by atoms with van der Waals surface area (Å²) >= 11 is 1.30. The molecule has 0 saturated heterocycles. The molecule has 1 N–H and O–H groups in total. The van der Waals surface area contributed by atoms with Crippen molar-refractivity contribution in [2.75, 3.05) is 16.0 Å². The molecule has 0 spiro atoms. The first-order valence-corrected chi connectivity index (χ1v) is 9.83. The zero-order valence-corrected chi connectivity index (χ0v) is 16.4. The van der Waals surface area contributed by atoms with E-state index in [1.807, 2.05) is 38.1 Å². The Balaban J connectivity index is 1.82. The fraction of sp³-hybridized carbons (Fsp3) is 0.368. The van der Waals surface area contributed by atoms with Crippen LogP contribution in [0.1, 0.15) is 26.3 Å². The van der Waals surface area contributed by atoms with Gasteiger partial charge in [0.05, 0.1) is 16.8 Å². The number of carbonyl (C=O) groups is 2. The molecule has 2 amide bonds. The number of anilines is 2. The van der Waals surface area contributed by atoms with E-state index < -0.39 is 5.56 Å². The summed E-state index contributed by atoms with van der Waals surface area (Å²) in [4.78, 5) is 39.6. The van der Waals surface area contributed by atoms with Crippen LogP contribution in [0.15, 0.2) is 40.2 Å². The van der Waals surface area contributed by atoms with Crippen molar-refractivity contribution in [3.8, 4) is 0 Å². The maximum atomic E-state index is 12.9. The first-order chi connectivity index (χ1) is 12.9. The van der Waals surface area contributed by atoms with Gasteiger partial charge < -0.3 is 10.2 Å². The van der Waals surface area contributed by atoms with Crippen LogP contribution in [0.4, 0.5) is 11.4 Å². The number of nitrogens with zero attached hydrogens (tertiary/aromatic N) is 3. The summed E-state index contributed by atoms with van der Waals surface area (Å²) in [5, 5.41) is 6.87. The van der Waals surface area contributed by atoms with E-state index in [4.69, 9.17) is 0 Å². The predicted molar refractivity (Wildman–Crippen MR) is 106 cm³/mol. The van der Waals surface area contributed by atoms with Crippen LogP contribution in [0, 0.1) is 0 Å². The van der Waals surface area contributed by atoms with Crippen molar-refractivity contribution < 1.29 is 9.59 Å². The lowest BCUT2D eigenvalue weighted by molar-refractivity contribution is -0.117. The molecule has 2 aromatic rings. The standard InChI is InChI=1S/C19H22N4O3S/c1-4-13-5-7-14(8-6-13)21-16(24)10-22-19(26)18-15(9-20-22)27-11-17(25)23(18)12(2)3/h5-9,12H,4,10-11H2,1-3H3,(H,21,24). The quantitative estimate of drug-likeness (QED) is 0.852. The molecule has 8 heteroatoms. The number of hydrogen-bond acceptors (Lipinski definition) is 5. The Morgan fingerprint density at radius 1 is 1.26 bits per heavy atom. The highest BCUT2D eigenvalue weighted by atomic mass is 32.2. The van der Waals surface area contributed by atoms with Gasteiger partial charge in [0.2, 0.25) is 11.8 Å². The smallest absolute Gasteiger partial charge is 0.292 e. The third-order valence-electron chi connectivity index (χ3n) is 4.30. The van der Waals surface area contributed by atoms with Crippen molar-refractivity contribution in [2.45, 2.75) is 44.7 Å². The summed E-state index contributed by atoms with van der Waals surface area (Å²) in [7, 11) is 0. The zero-order chi connectivity index (χ0) is 19.6. The van der Waals surface area contributed by atoms with Gasteiger partial charge in [-0.2, -0.15) is 5.10 Å². The molecule has 3 rings (SSSR count). The summed E-state index contributed by atoms with van der Waals surface area (Å²) in [6, 6.07) is 7.40. The Morgan fingerprint density at radius 2 is 1.96 bits per heavy atom. The number of amides is 2. The van der Waals surface area contributed by atoms with Crippen LogP contribution in [0.5, 0.6) is 0 Å². The molecule has 1 aliphatic rings. The van der Waals surface area contributed by atoms with E-state index in [0.29, 0.717) is 16.3 Å². The molecule has 1 aromatic heterocycles. The third kappa shape index (κ3) is 4.05. The molecule has 1 aromatic carbocycles. The topological polar surface area (TPSA) is 84.3 Å². The minimum absolute atomic E-state index is 0.113. The van der Waals surface area contributed by atoms with Crippen molar-refractivity contribution in [1.82, 2.24) is 9.78 Å². The zero-order valence-electron chi connectivity index (χ0n) is 15.6. The number of aromatic nitrogens is 2. The summed E-state index contributed by atoms with van der Waals surface area (Å²) in [5.41, 5.74) is 1.72. The van der Waals surface area contributed by atoms with Crippen LogP contribution in [-0.2, 0) is 22.6 Å². The maximum absolute atomic E-state index is 12.9. The maximum Gasteiger partial charge on any atom is 0.292 e. The Morgan fingerprint density at radius 3 is 2.59 bits per heavy atom. The average molecular weight is 386 g/mol. The van der Waals surface area contributed by atoms with E-state index in [-0.39, 0.29) is 30.2 Å². The van der Waals surface area contributed by atoms with Crippen molar-refractivity contribution in [1.29, 1.82) is 0 Å². The highest BCUT2D eigenvalue weighted by molar-refractivity contribution is 8.00. The second kappa shape index (κ2) is 7.96. The van der Waals surface area contributed by atoms with Crippen molar-refractivity contribution in [3.05, 3.63) is 46.4 Å². The normalized spacial score (nSPS) is 13.6. The van der Waals surface area contributed by atoms with E-state index >= 15 is 0 Å². The molecule has 7 nitrogen and oxygen atoms in total. The van der Waals surface area contributed by atoms with E-state index in [9.17, 15) is 14.4 Å². The SMILES string of the molecule is CCc1ccc(NC(=O)Cn2ncc3c(c2=O)N(C(C)C)C(=O)CS3)cc1. The average Bonchev–Trinajstić information content (AvgIpc) is 2.64. The number of rotatable bonds is 5. The van der Waals surface area contributed by atoms with Crippen LogP contribution >= 0.6 is 11.8 Å². The molecular formula is C19H22N4O3S. The van der Waals surface area contributed by atoms with E-state index in [1.54, 1.807) is 6.20 Å². The summed E-state index contributed by atoms with van der Waals surface area (Å²) in [6.07, 6.45) is 2.47. The van der Waals surface area contributed by atoms with E-state index in [1.165, 1.54) is 22.2 Å². The van der Waals surface area contributed by atoms with Gasteiger partial charge >= 0.3 is 0 Å². The van der Waals surface area contributed by atoms with Crippen molar-refractivity contribution in [3.63, 3.8) is 0 Å². The van der Waals surface area contributed by atoms with Gasteiger partial charge in [-0.3, -0.25) is 14.4 Å². The Bertz CT molecular complexity index is 922. The molecule has 0 bridgehead atoms. The minimum atomic E-state index is -0.432. The summed E-state index contributed by atoms with van der Waals surface area (Å²) in [6.45, 7) is 5.56. The number of aryl methyl sites for hydroxylation is 1. The molecule has 0 aliphatic carbocycles. The number of carbonyl (C=O) groups excluding carboxylic acids is 2. The summed E-state index contributed by atoms with van der Waals surface area (Å²) < 4.78 is 1.10. The molecular weight excluding hydrogens is 364 g/mol. The van der Waals surface area contributed by atoms with Crippen molar-refractivity contribution >= 4 is 35.0 Å². The highest BCUT2D eigenvalue weighted by Gasteiger charge is 2.30. The van der Waals surface area contributed by atoms with Gasteiger partial charge in [0.25, 0.3) is 5.56 Å². The fourth-order valence-electron chi connectivity index (χ4n) is 2.94. The minimum Gasteiger partial charge on any atom is -0.324 e. The molecule has 0 radical (unpaired) electrons. The Hall–Kier alpha value is -2.61. The van der Waals surface area contributed by atoms with Gasteiger partial charge in [-0.25, -0.2) is 4.68 Å². The van der Waals surface area contributed by atoms with Crippen LogP contribution in [-0.4, -0.2) is 33.4 Å². The molecule has 142 valence electrons. The largest absolute Gasteiger partial charge is 0.324 e. The number of fused-ring (bicyclic) bond motifs is 1. The monoisotopic (exact) mass is 386 g/mol. The van der Waals surface area contributed by atoms with Crippen LogP contribution < -0.4 is 15.8 Å². The van der Waals surface area contributed by atoms with Gasteiger partial charge in [0.15, 0.2) is 0 Å². The van der Waals surface area contributed by atoms with Gasteiger partial charge in [-0.15, -0.1) is 11.8 Å². The van der Waals surface area contributed by atoms with Crippen molar-refractivity contribution in [2.24, 2.45) is 0 Å². The fourth-order valence-corrected chi connectivity index (χ4v) is 3.81. The Labute approximate surface area is 161 Å². The summed E-state index contributed by atoms with van der Waals surface area (Å²) in [5.74, 6) is -0.178. The first kappa shape index (κ1) is 19.2. The first-order valence-electron chi connectivity index (χ1n) is 8.84. The molecule has 0 unspecified atom stereocenters. The molecule has 1 aliphatic heterocycles. The van der Waals surface area contributed by atoms with Gasteiger partial charge in [0.1, 0.15) is 12.2 Å². The second-order valence-corrected chi connectivity index (χ2v) is 7.58. The number of thioether (sulfide) groups is 1. The number of benzene rings is 1. The van der Waals surface area contributed by atoms with Crippen LogP contribution in [0.3, 0.4) is 0 Å². The van der Waals surface area contributed by atoms with E-state index in [2.05, 4.69) is 17.3 Å². The number of nitrogens with one attached hydrogen (secondary N) is 1. The Kier molecular flexibility index (Phi) is 5.65. The third-order valence-corrected chi connectivity index (χ3v) is 5.30. The number of hydrogen-bond donors (Lipinski definition) is 1. The van der Waals surface area contributed by atoms with E-state index in [0.717, 1.165) is 11.1 Å². The lowest BCUT2D eigenvalue weighted by atomic mass is 10.1. The van der Waals surface area contributed by atoms with Gasteiger partial charge in [0, 0.05) is 11.7 Å². The van der Waals surface area contributed by atoms with Crippen LogP contribution in [0.25, 0.3) is 0 Å². The lowest BCUT2D eigenvalue weighted by Crippen LogP contribution is -2.45. The molecule has 0 saturated carbocycles. The highest BCUT2D eigenvalue weighted by Crippen LogP contribution is 2.32. The lowest BCUT2D eigenvalue weighted by Gasteiger charge is -2.31. The molecule has 0 atom stereocenters. The molecule has 0 fully saturated rings. The predicted octanol–water partition coefficient (Wildman–Crippen LogP) is 2.29. The second-order valence-electron chi connectivity index (χ2n) is 6.57. The van der Waals surface area contributed by atoms with Gasteiger partial charge in [-0.05, 0) is 38.0 Å².